The maximum atomic E-state index is 6.31. The molecule has 0 aromatic heterocycles. The summed E-state index contributed by atoms with van der Waals surface area (Å²) in [5.41, 5.74) is 29.7. The SMILES string of the molecule is Nc1cc(N)c2ccccc2c1Cc1c(N)cc(N)c2ccccc12. The van der Waals surface area contributed by atoms with E-state index in [9.17, 15) is 0 Å². The van der Waals surface area contributed by atoms with Crippen LogP contribution in [-0.4, -0.2) is 0 Å². The van der Waals surface area contributed by atoms with E-state index in [1.807, 2.05) is 60.7 Å². The smallest absolute Gasteiger partial charge is 0.0414 e. The highest BCUT2D eigenvalue weighted by atomic mass is 14.6. The fraction of sp³-hybridized carbons (Fsp3) is 0.0476. The molecule has 4 nitrogen and oxygen atoms in total. The number of nitrogen functional groups attached to an aromatic ring is 4. The van der Waals surface area contributed by atoms with Gasteiger partial charge in [0.2, 0.25) is 0 Å². The minimum atomic E-state index is 0.624. The quantitative estimate of drug-likeness (QED) is 0.419. The molecule has 0 fully saturated rings. The van der Waals surface area contributed by atoms with Crippen molar-refractivity contribution in [3.05, 3.63) is 71.8 Å². The van der Waals surface area contributed by atoms with Crippen molar-refractivity contribution in [2.24, 2.45) is 0 Å². The molecule has 0 unspecified atom stereocenters. The van der Waals surface area contributed by atoms with Crippen LogP contribution in [0, 0.1) is 0 Å². The van der Waals surface area contributed by atoms with Gasteiger partial charge in [-0.2, -0.15) is 0 Å². The molecule has 4 rings (SSSR count). The zero-order valence-electron chi connectivity index (χ0n) is 13.8. The van der Waals surface area contributed by atoms with Gasteiger partial charge in [0.25, 0.3) is 0 Å². The minimum Gasteiger partial charge on any atom is -0.398 e. The number of hydrogen-bond donors (Lipinski definition) is 4. The van der Waals surface area contributed by atoms with Gasteiger partial charge in [-0.25, -0.2) is 0 Å². The zero-order valence-corrected chi connectivity index (χ0v) is 13.8. The van der Waals surface area contributed by atoms with Crippen molar-refractivity contribution >= 4 is 44.3 Å². The topological polar surface area (TPSA) is 104 Å². The Hall–Kier alpha value is -3.40. The Morgan fingerprint density at radius 2 is 0.840 bits per heavy atom. The molecule has 0 aliphatic carbocycles. The number of fused-ring (bicyclic) bond motifs is 2. The number of anilines is 4. The van der Waals surface area contributed by atoms with Gasteiger partial charge in [-0.05, 0) is 34.0 Å². The van der Waals surface area contributed by atoms with Crippen molar-refractivity contribution < 1.29 is 0 Å². The van der Waals surface area contributed by atoms with Gasteiger partial charge in [-0.15, -0.1) is 0 Å². The average molecular weight is 328 g/mol. The van der Waals surface area contributed by atoms with Crippen LogP contribution in [0.4, 0.5) is 22.7 Å². The van der Waals surface area contributed by atoms with Crippen LogP contribution in [0.25, 0.3) is 21.5 Å². The predicted molar refractivity (Wildman–Crippen MR) is 108 cm³/mol. The van der Waals surface area contributed by atoms with E-state index in [2.05, 4.69) is 0 Å². The normalized spacial score (nSPS) is 11.2. The molecule has 0 heterocycles. The van der Waals surface area contributed by atoms with Crippen molar-refractivity contribution in [2.75, 3.05) is 22.9 Å². The van der Waals surface area contributed by atoms with Crippen LogP contribution in [0.5, 0.6) is 0 Å². The van der Waals surface area contributed by atoms with Crippen LogP contribution >= 0.6 is 0 Å². The lowest BCUT2D eigenvalue weighted by Crippen LogP contribution is -2.04. The van der Waals surface area contributed by atoms with Crippen LogP contribution in [0.1, 0.15) is 11.1 Å². The fourth-order valence-corrected chi connectivity index (χ4v) is 3.54. The van der Waals surface area contributed by atoms with Crippen molar-refractivity contribution in [3.63, 3.8) is 0 Å². The third kappa shape index (κ3) is 2.39. The van der Waals surface area contributed by atoms with Crippen molar-refractivity contribution in [1.82, 2.24) is 0 Å². The van der Waals surface area contributed by atoms with Crippen molar-refractivity contribution in [2.45, 2.75) is 6.42 Å². The largest absolute Gasteiger partial charge is 0.398 e. The van der Waals surface area contributed by atoms with Crippen LogP contribution in [-0.2, 0) is 6.42 Å². The second-order valence-corrected chi connectivity index (χ2v) is 6.34. The summed E-state index contributed by atoms with van der Waals surface area (Å²) in [4.78, 5) is 0. The number of nitrogens with two attached hydrogens (primary N) is 4. The van der Waals surface area contributed by atoms with E-state index in [0.717, 1.165) is 32.7 Å². The first-order valence-electron chi connectivity index (χ1n) is 8.17. The first-order valence-corrected chi connectivity index (χ1v) is 8.17. The molecule has 124 valence electrons. The van der Waals surface area contributed by atoms with E-state index in [0.29, 0.717) is 29.2 Å². The summed E-state index contributed by atoms with van der Waals surface area (Å²) in [6.45, 7) is 0. The minimum absolute atomic E-state index is 0.624. The van der Waals surface area contributed by atoms with Crippen molar-refractivity contribution in [3.8, 4) is 0 Å². The Morgan fingerprint density at radius 3 is 1.24 bits per heavy atom. The molecule has 0 spiro atoms. The molecule has 0 bridgehead atoms. The monoisotopic (exact) mass is 328 g/mol. The number of benzene rings is 4. The maximum Gasteiger partial charge on any atom is 0.0414 e. The summed E-state index contributed by atoms with van der Waals surface area (Å²) in [5, 5.41) is 4.12. The Bertz CT molecular complexity index is 1030. The Morgan fingerprint density at radius 1 is 0.480 bits per heavy atom. The first-order chi connectivity index (χ1) is 12.1. The summed E-state index contributed by atoms with van der Waals surface area (Å²) < 4.78 is 0. The Labute approximate surface area is 146 Å². The third-order valence-electron chi connectivity index (χ3n) is 4.80. The van der Waals surface area contributed by atoms with Crippen LogP contribution < -0.4 is 22.9 Å². The summed E-state index contributed by atoms with van der Waals surface area (Å²) in [6.07, 6.45) is 0.624. The van der Waals surface area contributed by atoms with E-state index in [1.54, 1.807) is 0 Å². The highest BCUT2D eigenvalue weighted by Gasteiger charge is 2.14. The zero-order chi connectivity index (χ0) is 17.6. The summed E-state index contributed by atoms with van der Waals surface area (Å²) >= 11 is 0. The molecular formula is C21H20N4. The lowest BCUT2D eigenvalue weighted by atomic mass is 9.91. The molecule has 25 heavy (non-hydrogen) atoms. The summed E-state index contributed by atoms with van der Waals surface area (Å²) in [7, 11) is 0. The van der Waals surface area contributed by atoms with E-state index in [1.165, 1.54) is 0 Å². The molecule has 0 aliphatic rings. The predicted octanol–water partition coefficient (Wildman–Crippen LogP) is 3.91. The highest BCUT2D eigenvalue weighted by Crippen LogP contribution is 2.36. The van der Waals surface area contributed by atoms with Crippen LogP contribution in [0.3, 0.4) is 0 Å². The molecule has 0 amide bonds. The summed E-state index contributed by atoms with van der Waals surface area (Å²) in [5.74, 6) is 0. The average Bonchev–Trinajstić information content (AvgIpc) is 2.61. The number of rotatable bonds is 2. The van der Waals surface area contributed by atoms with E-state index in [4.69, 9.17) is 22.9 Å². The molecule has 4 aromatic carbocycles. The van der Waals surface area contributed by atoms with Gasteiger partial charge in [0.1, 0.15) is 0 Å². The lowest BCUT2D eigenvalue weighted by Gasteiger charge is -2.16. The standard InChI is InChI=1S/C21H20N4/c22-18-10-20(24)16(12-5-1-3-7-14(12)18)9-17-13-6-2-4-8-15(13)19(23)11-21(17)25/h1-8,10-11H,9,22-25H2. The molecule has 0 aliphatic heterocycles. The molecule has 0 atom stereocenters. The van der Waals surface area contributed by atoms with Crippen LogP contribution in [0.2, 0.25) is 0 Å². The fourth-order valence-electron chi connectivity index (χ4n) is 3.54. The van der Waals surface area contributed by atoms with Gasteiger partial charge in [0.15, 0.2) is 0 Å². The van der Waals surface area contributed by atoms with Gasteiger partial charge in [-0.1, -0.05) is 48.5 Å². The van der Waals surface area contributed by atoms with Gasteiger partial charge >= 0.3 is 0 Å². The summed E-state index contributed by atoms with van der Waals surface area (Å²) in [6, 6.07) is 19.7. The maximum absolute atomic E-state index is 6.31. The van der Waals surface area contributed by atoms with Gasteiger partial charge in [-0.3, -0.25) is 0 Å². The van der Waals surface area contributed by atoms with Gasteiger partial charge in [0.05, 0.1) is 0 Å². The van der Waals surface area contributed by atoms with E-state index >= 15 is 0 Å². The second kappa shape index (κ2) is 5.60. The molecule has 4 aromatic rings. The second-order valence-electron chi connectivity index (χ2n) is 6.34. The molecule has 0 radical (unpaired) electrons. The number of hydrogen-bond acceptors (Lipinski definition) is 4. The molecule has 0 saturated heterocycles. The van der Waals surface area contributed by atoms with Crippen molar-refractivity contribution in [1.29, 1.82) is 0 Å². The molecule has 8 N–H and O–H groups in total. The van der Waals surface area contributed by atoms with E-state index < -0.39 is 0 Å². The van der Waals surface area contributed by atoms with Crippen LogP contribution in [0.15, 0.2) is 60.7 Å². The van der Waals surface area contributed by atoms with E-state index in [-0.39, 0.29) is 0 Å². The van der Waals surface area contributed by atoms with Gasteiger partial charge in [0, 0.05) is 39.9 Å². The van der Waals surface area contributed by atoms with Gasteiger partial charge < -0.3 is 22.9 Å². The molecule has 4 heteroatoms. The third-order valence-corrected chi connectivity index (χ3v) is 4.80. The Balaban J connectivity index is 1.99. The highest BCUT2D eigenvalue weighted by molar-refractivity contribution is 6.01. The first kappa shape index (κ1) is 15.1. The molecular weight excluding hydrogens is 308 g/mol. The molecule has 0 saturated carbocycles. The Kier molecular flexibility index (Phi) is 3.39. The lowest BCUT2D eigenvalue weighted by molar-refractivity contribution is 1.24.